The topological polar surface area (TPSA) is 59.1 Å². The molecule has 0 saturated heterocycles. The highest BCUT2D eigenvalue weighted by Crippen LogP contribution is 2.16. The van der Waals surface area contributed by atoms with Gasteiger partial charge in [0.25, 0.3) is 0 Å². The summed E-state index contributed by atoms with van der Waals surface area (Å²) in [7, 11) is 1.69. The van der Waals surface area contributed by atoms with Crippen molar-refractivity contribution in [2.75, 3.05) is 38.7 Å². The van der Waals surface area contributed by atoms with Crippen LogP contribution in [0.1, 0.15) is 0 Å². The van der Waals surface area contributed by atoms with Crippen LogP contribution in [0, 0.1) is 0 Å². The van der Waals surface area contributed by atoms with Crippen LogP contribution in [-0.2, 0) is 4.74 Å². The molecule has 1 heterocycles. The van der Waals surface area contributed by atoms with Gasteiger partial charge in [-0.05, 0) is 15.9 Å². The Balaban J connectivity index is 2.12. The molecule has 0 radical (unpaired) electrons. The summed E-state index contributed by atoms with van der Waals surface area (Å²) in [5.41, 5.74) is 0. The molecule has 0 aliphatic carbocycles. The van der Waals surface area contributed by atoms with Gasteiger partial charge in [0.05, 0.1) is 11.1 Å². The van der Waals surface area contributed by atoms with Crippen molar-refractivity contribution >= 4 is 21.7 Å². The van der Waals surface area contributed by atoms with Gasteiger partial charge < -0.3 is 15.4 Å². The van der Waals surface area contributed by atoms with Crippen LogP contribution in [0.25, 0.3) is 0 Å². The Morgan fingerprint density at radius 1 is 1.40 bits per heavy atom. The number of rotatable bonds is 7. The minimum Gasteiger partial charge on any atom is -0.383 e. The average molecular weight is 275 g/mol. The lowest BCUT2D eigenvalue weighted by Crippen LogP contribution is -2.25. The number of nitrogens with one attached hydrogen (secondary N) is 2. The van der Waals surface area contributed by atoms with Gasteiger partial charge in [0.15, 0.2) is 0 Å². The van der Waals surface area contributed by atoms with Gasteiger partial charge in [0.1, 0.15) is 12.1 Å². The Kier molecular flexibility index (Phi) is 6.22. The lowest BCUT2D eigenvalue weighted by Gasteiger charge is -2.07. The van der Waals surface area contributed by atoms with Crippen molar-refractivity contribution in [2.45, 2.75) is 0 Å². The first-order chi connectivity index (χ1) is 7.34. The number of methoxy groups -OCH3 is 1. The molecular formula is C9H15BrN4O. The maximum Gasteiger partial charge on any atom is 0.143 e. The first-order valence-corrected chi connectivity index (χ1v) is 5.53. The smallest absolute Gasteiger partial charge is 0.143 e. The van der Waals surface area contributed by atoms with Crippen LogP contribution in [0.15, 0.2) is 17.0 Å². The van der Waals surface area contributed by atoms with E-state index in [0.717, 1.165) is 36.5 Å². The molecule has 1 aromatic heterocycles. The Bertz CT molecular complexity index is 285. The number of anilines is 1. The third kappa shape index (κ3) is 5.06. The second-order valence-electron chi connectivity index (χ2n) is 2.89. The van der Waals surface area contributed by atoms with Crippen molar-refractivity contribution in [1.82, 2.24) is 15.3 Å². The number of aromatic nitrogens is 2. The molecule has 0 saturated carbocycles. The Labute approximate surface area is 97.8 Å². The molecule has 15 heavy (non-hydrogen) atoms. The third-order valence-corrected chi connectivity index (χ3v) is 2.33. The van der Waals surface area contributed by atoms with Crippen LogP contribution in [0.4, 0.5) is 5.82 Å². The Hall–Kier alpha value is -0.720. The van der Waals surface area contributed by atoms with E-state index in [-0.39, 0.29) is 0 Å². The monoisotopic (exact) mass is 274 g/mol. The van der Waals surface area contributed by atoms with Crippen molar-refractivity contribution in [3.63, 3.8) is 0 Å². The van der Waals surface area contributed by atoms with E-state index in [9.17, 15) is 0 Å². The third-order valence-electron chi connectivity index (χ3n) is 1.74. The van der Waals surface area contributed by atoms with Crippen LogP contribution in [0.5, 0.6) is 0 Å². The number of halogens is 1. The maximum absolute atomic E-state index is 4.91. The van der Waals surface area contributed by atoms with Crippen molar-refractivity contribution in [3.8, 4) is 0 Å². The minimum absolute atomic E-state index is 0.733. The number of ether oxygens (including phenoxy) is 1. The summed E-state index contributed by atoms with van der Waals surface area (Å²) in [6, 6.07) is 0. The summed E-state index contributed by atoms with van der Waals surface area (Å²) in [6.07, 6.45) is 3.24. The van der Waals surface area contributed by atoms with Gasteiger partial charge in [-0.3, -0.25) is 0 Å². The van der Waals surface area contributed by atoms with E-state index in [1.807, 2.05) is 0 Å². The molecule has 0 aromatic carbocycles. The second-order valence-corrected chi connectivity index (χ2v) is 3.74. The zero-order chi connectivity index (χ0) is 10.9. The first-order valence-electron chi connectivity index (χ1n) is 4.73. The van der Waals surface area contributed by atoms with Crippen LogP contribution in [0.3, 0.4) is 0 Å². The molecule has 0 bridgehead atoms. The fraction of sp³-hybridized carbons (Fsp3) is 0.556. The van der Waals surface area contributed by atoms with Crippen LogP contribution in [-0.4, -0.2) is 43.3 Å². The van der Waals surface area contributed by atoms with Gasteiger partial charge in [-0.25, -0.2) is 9.97 Å². The molecule has 2 N–H and O–H groups in total. The lowest BCUT2D eigenvalue weighted by molar-refractivity contribution is 0.200. The second kappa shape index (κ2) is 7.56. The molecule has 0 spiro atoms. The number of hydrogen-bond donors (Lipinski definition) is 2. The molecule has 84 valence electrons. The van der Waals surface area contributed by atoms with Gasteiger partial charge in [-0.1, -0.05) is 0 Å². The molecule has 0 atom stereocenters. The van der Waals surface area contributed by atoms with Gasteiger partial charge in [-0.15, -0.1) is 0 Å². The van der Waals surface area contributed by atoms with E-state index in [4.69, 9.17) is 4.74 Å². The van der Waals surface area contributed by atoms with Crippen molar-refractivity contribution in [3.05, 3.63) is 17.0 Å². The summed E-state index contributed by atoms with van der Waals surface area (Å²) in [6.45, 7) is 3.29. The van der Waals surface area contributed by atoms with E-state index in [0.29, 0.717) is 0 Å². The summed E-state index contributed by atoms with van der Waals surface area (Å²) in [4.78, 5) is 7.97. The predicted molar refractivity (Wildman–Crippen MR) is 63.0 cm³/mol. The minimum atomic E-state index is 0.733. The largest absolute Gasteiger partial charge is 0.383 e. The van der Waals surface area contributed by atoms with Gasteiger partial charge in [0, 0.05) is 32.9 Å². The standard InChI is InChI=1S/C9H15BrN4O/c1-15-5-4-11-2-3-13-9-8(10)6-12-7-14-9/h6-7,11H,2-5H2,1H3,(H,12,13,14). The van der Waals surface area contributed by atoms with Crippen molar-refractivity contribution < 1.29 is 4.74 Å². The molecule has 0 aliphatic heterocycles. The highest BCUT2D eigenvalue weighted by atomic mass is 79.9. The number of hydrogen-bond acceptors (Lipinski definition) is 5. The van der Waals surface area contributed by atoms with E-state index in [1.165, 1.54) is 6.33 Å². The molecule has 1 rings (SSSR count). The summed E-state index contributed by atoms with van der Waals surface area (Å²) < 4.78 is 5.79. The van der Waals surface area contributed by atoms with Crippen LogP contribution >= 0.6 is 15.9 Å². The quantitative estimate of drug-likeness (QED) is 0.724. The Morgan fingerprint density at radius 2 is 2.27 bits per heavy atom. The molecule has 0 aliphatic rings. The lowest BCUT2D eigenvalue weighted by atomic mass is 10.5. The summed E-state index contributed by atoms with van der Waals surface area (Å²) in [5.74, 6) is 0.818. The highest BCUT2D eigenvalue weighted by Gasteiger charge is 1.98. The zero-order valence-electron chi connectivity index (χ0n) is 8.66. The van der Waals surface area contributed by atoms with E-state index < -0.39 is 0 Å². The average Bonchev–Trinajstić information content (AvgIpc) is 2.25. The molecule has 5 nitrogen and oxygen atoms in total. The zero-order valence-corrected chi connectivity index (χ0v) is 10.2. The van der Waals surface area contributed by atoms with E-state index in [2.05, 4.69) is 36.5 Å². The van der Waals surface area contributed by atoms with Gasteiger partial charge in [0.2, 0.25) is 0 Å². The van der Waals surface area contributed by atoms with Crippen LogP contribution < -0.4 is 10.6 Å². The maximum atomic E-state index is 4.91. The molecule has 0 amide bonds. The molecule has 0 fully saturated rings. The Morgan fingerprint density at radius 3 is 3.00 bits per heavy atom. The molecular weight excluding hydrogens is 260 g/mol. The fourth-order valence-electron chi connectivity index (χ4n) is 1.01. The summed E-state index contributed by atoms with van der Waals surface area (Å²) >= 11 is 3.36. The number of nitrogens with zero attached hydrogens (tertiary/aromatic N) is 2. The molecule has 6 heteroatoms. The normalized spacial score (nSPS) is 10.3. The van der Waals surface area contributed by atoms with Crippen LogP contribution in [0.2, 0.25) is 0 Å². The van der Waals surface area contributed by atoms with E-state index in [1.54, 1.807) is 13.3 Å². The summed E-state index contributed by atoms with van der Waals surface area (Å²) in [5, 5.41) is 6.42. The van der Waals surface area contributed by atoms with Gasteiger partial charge >= 0.3 is 0 Å². The fourth-order valence-corrected chi connectivity index (χ4v) is 1.37. The van der Waals surface area contributed by atoms with E-state index >= 15 is 0 Å². The van der Waals surface area contributed by atoms with Gasteiger partial charge in [-0.2, -0.15) is 0 Å². The SMILES string of the molecule is COCCNCCNc1ncncc1Br. The first kappa shape index (κ1) is 12.4. The molecule has 0 unspecified atom stereocenters. The predicted octanol–water partition coefficient (Wildman–Crippen LogP) is 0.887. The van der Waals surface area contributed by atoms with Crippen molar-refractivity contribution in [2.24, 2.45) is 0 Å². The highest BCUT2D eigenvalue weighted by molar-refractivity contribution is 9.10. The van der Waals surface area contributed by atoms with Crippen molar-refractivity contribution in [1.29, 1.82) is 0 Å². The molecule has 1 aromatic rings.